The Bertz CT molecular complexity index is 885. The van der Waals surface area contributed by atoms with Crippen molar-refractivity contribution in [2.45, 2.75) is 25.7 Å². The molecule has 27 heavy (non-hydrogen) atoms. The van der Waals surface area contributed by atoms with Gasteiger partial charge in [-0.05, 0) is 55.7 Å². The number of hydrogen-bond acceptors (Lipinski definition) is 5. The molecule has 0 atom stereocenters. The molecule has 5 heteroatoms. The van der Waals surface area contributed by atoms with Crippen molar-refractivity contribution in [3.63, 3.8) is 0 Å². The van der Waals surface area contributed by atoms with E-state index in [-0.39, 0.29) is 0 Å². The topological polar surface area (TPSA) is 47.9 Å². The summed E-state index contributed by atoms with van der Waals surface area (Å²) >= 11 is 1.54. The van der Waals surface area contributed by atoms with E-state index in [0.29, 0.717) is 11.7 Å². The molecular formula is C22H23NO3S. The maximum absolute atomic E-state index is 11.9. The molecule has 2 aromatic carbocycles. The van der Waals surface area contributed by atoms with Crippen LogP contribution in [-0.2, 0) is 9.53 Å². The number of carbonyl (C=O) groups excluding carboxylic acids is 1. The number of benzene rings is 2. The summed E-state index contributed by atoms with van der Waals surface area (Å²) in [5, 5.41) is 0.819. The summed E-state index contributed by atoms with van der Waals surface area (Å²) < 4.78 is 10.2. The van der Waals surface area contributed by atoms with Gasteiger partial charge in [0.1, 0.15) is 10.8 Å². The molecule has 0 aliphatic heterocycles. The van der Waals surface area contributed by atoms with Crippen LogP contribution in [0.4, 0.5) is 5.69 Å². The molecule has 2 aromatic rings. The predicted molar refractivity (Wildman–Crippen MR) is 111 cm³/mol. The van der Waals surface area contributed by atoms with E-state index in [0.717, 1.165) is 16.3 Å². The Labute approximate surface area is 164 Å². The first kappa shape index (κ1) is 19.2. The third-order valence-electron chi connectivity index (χ3n) is 4.28. The lowest BCUT2D eigenvalue weighted by Gasteiger charge is -2.12. The molecule has 0 unspecified atom stereocenters. The molecule has 0 radical (unpaired) electrons. The number of hydrogen-bond donors (Lipinski definition) is 0. The van der Waals surface area contributed by atoms with Crippen LogP contribution in [0.3, 0.4) is 0 Å². The molecule has 1 aliphatic rings. The van der Waals surface area contributed by atoms with Gasteiger partial charge < -0.3 is 9.47 Å². The van der Waals surface area contributed by atoms with E-state index in [9.17, 15) is 4.79 Å². The average Bonchev–Trinajstić information content (AvgIpc) is 3.51. The van der Waals surface area contributed by atoms with Gasteiger partial charge in [0.05, 0.1) is 25.1 Å². The first-order chi connectivity index (χ1) is 13.1. The van der Waals surface area contributed by atoms with Crippen LogP contribution >= 0.6 is 11.8 Å². The largest absolute Gasteiger partial charge is 0.504 e. The molecule has 1 aliphatic carbocycles. The van der Waals surface area contributed by atoms with Gasteiger partial charge in [-0.1, -0.05) is 29.8 Å². The average molecular weight is 381 g/mol. The molecule has 0 saturated heterocycles. The van der Waals surface area contributed by atoms with Crippen LogP contribution in [0.1, 0.15) is 35.4 Å². The maximum atomic E-state index is 11.9. The Morgan fingerprint density at radius 1 is 1.22 bits per heavy atom. The molecule has 4 nitrogen and oxygen atoms in total. The molecule has 0 spiro atoms. The maximum Gasteiger partial charge on any atom is 0.339 e. The van der Waals surface area contributed by atoms with Crippen LogP contribution in [0.2, 0.25) is 0 Å². The predicted octanol–water partition coefficient (Wildman–Crippen LogP) is 5.38. The van der Waals surface area contributed by atoms with Gasteiger partial charge in [-0.25, -0.2) is 9.79 Å². The molecule has 0 N–H and O–H groups in total. The van der Waals surface area contributed by atoms with E-state index in [1.807, 2.05) is 24.5 Å². The van der Waals surface area contributed by atoms with Crippen LogP contribution in [0.5, 0.6) is 5.75 Å². The smallest absolute Gasteiger partial charge is 0.339 e. The second kappa shape index (κ2) is 8.91. The molecule has 0 bridgehead atoms. The van der Waals surface area contributed by atoms with E-state index in [1.165, 1.54) is 55.2 Å². The standard InChI is InChI=1S/C22H23NO3S/c1-15-8-11-19(18(14-15)16-9-10-16)23-22(27-3)17-6-4-5-7-20(17)26-21(24)12-13-25-2/h4-8,11-14,16H,9-10H2,1-3H3. The van der Waals surface area contributed by atoms with Crippen molar-refractivity contribution in [1.82, 2.24) is 0 Å². The van der Waals surface area contributed by atoms with Gasteiger partial charge >= 0.3 is 5.97 Å². The highest BCUT2D eigenvalue weighted by Crippen LogP contribution is 2.45. The number of nitrogens with zero attached hydrogens (tertiary/aromatic N) is 1. The molecular weight excluding hydrogens is 358 g/mol. The molecule has 1 fully saturated rings. The normalized spacial score (nSPS) is 14.4. The van der Waals surface area contributed by atoms with E-state index >= 15 is 0 Å². The molecule has 140 valence electrons. The molecule has 0 aromatic heterocycles. The molecule has 3 rings (SSSR count). The number of ether oxygens (including phenoxy) is 2. The monoisotopic (exact) mass is 381 g/mol. The fourth-order valence-corrected chi connectivity index (χ4v) is 3.40. The third-order valence-corrected chi connectivity index (χ3v) is 4.98. The quantitative estimate of drug-likeness (QED) is 0.168. The minimum Gasteiger partial charge on any atom is -0.504 e. The zero-order valence-corrected chi connectivity index (χ0v) is 16.6. The second-order valence-electron chi connectivity index (χ2n) is 6.41. The van der Waals surface area contributed by atoms with Crippen molar-refractivity contribution < 1.29 is 14.3 Å². The Balaban J connectivity index is 1.96. The summed E-state index contributed by atoms with van der Waals surface area (Å²) in [6.45, 7) is 2.11. The van der Waals surface area contributed by atoms with Crippen molar-refractivity contribution in [3.8, 4) is 5.75 Å². The highest BCUT2D eigenvalue weighted by Gasteiger charge is 2.26. The number of carbonyl (C=O) groups is 1. The Morgan fingerprint density at radius 2 is 2.00 bits per heavy atom. The highest BCUT2D eigenvalue weighted by atomic mass is 32.2. The summed E-state index contributed by atoms with van der Waals surface area (Å²) in [6.07, 6.45) is 6.97. The SMILES string of the molecule is COC=CC(=O)Oc1ccccc1C(=Nc1ccc(C)cc1C1CC1)SC. The lowest BCUT2D eigenvalue weighted by Crippen LogP contribution is -2.08. The van der Waals surface area contributed by atoms with E-state index < -0.39 is 5.97 Å². The minimum absolute atomic E-state index is 0.483. The number of esters is 1. The van der Waals surface area contributed by atoms with Crippen molar-refractivity contribution in [1.29, 1.82) is 0 Å². The number of aliphatic imine (C=N–C) groups is 1. The van der Waals surface area contributed by atoms with Gasteiger partial charge in [0.15, 0.2) is 0 Å². The Morgan fingerprint density at radius 3 is 2.70 bits per heavy atom. The van der Waals surface area contributed by atoms with Gasteiger partial charge in [0, 0.05) is 5.56 Å². The van der Waals surface area contributed by atoms with Gasteiger partial charge in [-0.15, -0.1) is 11.8 Å². The second-order valence-corrected chi connectivity index (χ2v) is 7.21. The third kappa shape index (κ3) is 5.01. The Kier molecular flexibility index (Phi) is 6.35. The zero-order chi connectivity index (χ0) is 19.2. The molecule has 0 heterocycles. The molecule has 1 saturated carbocycles. The lowest BCUT2D eigenvalue weighted by molar-refractivity contribution is -0.129. The van der Waals surface area contributed by atoms with Gasteiger partial charge in [-0.3, -0.25) is 0 Å². The van der Waals surface area contributed by atoms with E-state index in [4.69, 9.17) is 14.5 Å². The lowest BCUT2D eigenvalue weighted by atomic mass is 10.1. The van der Waals surface area contributed by atoms with Gasteiger partial charge in [0.2, 0.25) is 0 Å². The van der Waals surface area contributed by atoms with Crippen molar-refractivity contribution in [2.75, 3.05) is 13.4 Å². The number of rotatable bonds is 6. The van der Waals surface area contributed by atoms with Gasteiger partial charge in [0.25, 0.3) is 0 Å². The van der Waals surface area contributed by atoms with Crippen LogP contribution in [-0.4, -0.2) is 24.4 Å². The first-order valence-electron chi connectivity index (χ1n) is 8.86. The Hall–Kier alpha value is -2.53. The summed E-state index contributed by atoms with van der Waals surface area (Å²) in [5.74, 6) is 0.606. The van der Waals surface area contributed by atoms with Crippen molar-refractivity contribution in [2.24, 2.45) is 4.99 Å². The van der Waals surface area contributed by atoms with Crippen LogP contribution in [0.25, 0.3) is 0 Å². The first-order valence-corrected chi connectivity index (χ1v) is 10.1. The number of methoxy groups -OCH3 is 1. The van der Waals surface area contributed by atoms with E-state index in [1.54, 1.807) is 6.07 Å². The van der Waals surface area contributed by atoms with Gasteiger partial charge in [-0.2, -0.15) is 0 Å². The van der Waals surface area contributed by atoms with Crippen molar-refractivity contribution >= 4 is 28.5 Å². The van der Waals surface area contributed by atoms with Crippen LogP contribution in [0, 0.1) is 6.92 Å². The number of para-hydroxylation sites is 1. The molecule has 0 amide bonds. The summed E-state index contributed by atoms with van der Waals surface area (Å²) in [7, 11) is 1.48. The van der Waals surface area contributed by atoms with Crippen LogP contribution in [0.15, 0.2) is 59.8 Å². The van der Waals surface area contributed by atoms with E-state index in [2.05, 4.69) is 25.1 Å². The summed E-state index contributed by atoms with van der Waals surface area (Å²) in [4.78, 5) is 16.9. The zero-order valence-electron chi connectivity index (χ0n) is 15.8. The number of aryl methyl sites for hydroxylation is 1. The minimum atomic E-state index is -0.487. The summed E-state index contributed by atoms with van der Waals surface area (Å²) in [5.41, 5.74) is 4.35. The fourth-order valence-electron chi connectivity index (χ4n) is 2.82. The summed E-state index contributed by atoms with van der Waals surface area (Å²) in [6, 6.07) is 13.8. The number of thioether (sulfide) groups is 1. The van der Waals surface area contributed by atoms with Crippen LogP contribution < -0.4 is 4.74 Å². The highest BCUT2D eigenvalue weighted by molar-refractivity contribution is 8.13. The fraction of sp³-hybridized carbons (Fsp3) is 0.273. The van der Waals surface area contributed by atoms with Crippen molar-refractivity contribution in [3.05, 3.63) is 71.5 Å².